The highest BCUT2D eigenvalue weighted by atomic mass is 32.2. The lowest BCUT2D eigenvalue weighted by Gasteiger charge is -1.99. The Morgan fingerprint density at radius 3 is 2.92 bits per heavy atom. The molecule has 0 radical (unpaired) electrons. The van der Waals surface area contributed by atoms with Gasteiger partial charge >= 0.3 is 0 Å². The molecule has 2 rings (SSSR count). The van der Waals surface area contributed by atoms with Crippen LogP contribution >= 0.6 is 0 Å². The van der Waals surface area contributed by atoms with Crippen molar-refractivity contribution in [3.8, 4) is 0 Å². The Labute approximate surface area is 68.4 Å². The number of rotatable bonds is 0. The summed E-state index contributed by atoms with van der Waals surface area (Å²) in [7, 11) is -3.35. The van der Waals surface area contributed by atoms with Crippen LogP contribution in [0, 0.1) is 0 Å². The topological polar surface area (TPSA) is 75.6 Å². The van der Waals surface area contributed by atoms with Gasteiger partial charge in [0.25, 0.3) is 5.91 Å². The van der Waals surface area contributed by atoms with Gasteiger partial charge < -0.3 is 0 Å². The van der Waals surface area contributed by atoms with Gasteiger partial charge in [-0.05, 0) is 6.08 Å². The summed E-state index contributed by atoms with van der Waals surface area (Å²) in [5.74, 6) is -0.474. The molecule has 12 heavy (non-hydrogen) atoms. The Morgan fingerprint density at radius 2 is 2.17 bits per heavy atom. The van der Waals surface area contributed by atoms with Crippen LogP contribution in [-0.2, 0) is 14.6 Å². The minimum atomic E-state index is -3.35. The van der Waals surface area contributed by atoms with Crippen LogP contribution in [-0.4, -0.2) is 20.0 Å². The van der Waals surface area contributed by atoms with Crippen molar-refractivity contribution in [3.63, 3.8) is 0 Å². The highest BCUT2D eigenvalue weighted by molar-refractivity contribution is 7.97. The number of nitrogens with zero attached hydrogens (tertiary/aromatic N) is 1. The smallest absolute Gasteiger partial charge is 0.267 e. The lowest BCUT2D eigenvalue weighted by molar-refractivity contribution is -0.116. The van der Waals surface area contributed by atoms with Gasteiger partial charge in [0.1, 0.15) is 0 Å². The number of carbonyl (C=O) groups excluding carboxylic acids is 1. The maximum atomic E-state index is 10.9. The van der Waals surface area contributed by atoms with E-state index < -0.39 is 15.7 Å². The maximum Gasteiger partial charge on any atom is 0.274 e. The first kappa shape index (κ1) is 7.23. The molecule has 0 fully saturated rings. The molecule has 0 atom stereocenters. The van der Waals surface area contributed by atoms with Gasteiger partial charge in [0.2, 0.25) is 0 Å². The lowest BCUT2D eigenvalue weighted by atomic mass is 10.2. The fraction of sp³-hybridized carbons (Fsp3) is 0. The summed E-state index contributed by atoms with van der Waals surface area (Å²) >= 11 is 0. The van der Waals surface area contributed by atoms with Crippen LogP contribution in [0.5, 0.6) is 0 Å². The normalized spacial score (nSPS) is 24.2. The first-order chi connectivity index (χ1) is 5.58. The second kappa shape index (κ2) is 2.04. The van der Waals surface area contributed by atoms with Crippen LogP contribution in [0.2, 0.25) is 0 Å². The van der Waals surface area contributed by atoms with Crippen LogP contribution < -0.4 is 5.43 Å². The number of hydrogen-bond donors (Lipinski definition) is 1. The van der Waals surface area contributed by atoms with E-state index in [1.807, 2.05) is 0 Å². The van der Waals surface area contributed by atoms with Crippen molar-refractivity contribution in [2.75, 3.05) is 0 Å². The average molecular weight is 184 g/mol. The van der Waals surface area contributed by atoms with Gasteiger partial charge in [-0.1, -0.05) is 0 Å². The maximum absolute atomic E-state index is 10.9. The summed E-state index contributed by atoms with van der Waals surface area (Å²) in [6.45, 7) is 0. The van der Waals surface area contributed by atoms with E-state index in [4.69, 9.17) is 0 Å². The molecule has 0 saturated carbocycles. The minimum absolute atomic E-state index is 0.109. The van der Waals surface area contributed by atoms with E-state index in [1.54, 1.807) is 0 Å². The molecule has 0 aromatic heterocycles. The molecule has 5 nitrogen and oxygen atoms in total. The highest BCUT2D eigenvalue weighted by Crippen LogP contribution is 2.15. The Balaban J connectivity index is 2.61. The van der Waals surface area contributed by atoms with E-state index in [2.05, 4.69) is 10.5 Å². The van der Waals surface area contributed by atoms with Gasteiger partial charge in [0.15, 0.2) is 9.84 Å². The third-order valence-corrected chi connectivity index (χ3v) is 2.58. The third kappa shape index (κ3) is 0.964. The number of amides is 1. The number of allylic oxidation sites excluding steroid dienone is 1. The zero-order valence-electron chi connectivity index (χ0n) is 5.81. The monoisotopic (exact) mass is 184 g/mol. The molecule has 1 amide bonds. The number of carbonyl (C=O) groups is 1. The molecule has 0 bridgehead atoms. The summed E-state index contributed by atoms with van der Waals surface area (Å²) in [4.78, 5) is 10.9. The molecule has 2 aliphatic rings. The van der Waals surface area contributed by atoms with Crippen molar-refractivity contribution in [1.29, 1.82) is 0 Å². The van der Waals surface area contributed by atoms with Crippen molar-refractivity contribution in [2.45, 2.75) is 0 Å². The van der Waals surface area contributed by atoms with E-state index in [1.165, 1.54) is 6.08 Å². The van der Waals surface area contributed by atoms with Crippen molar-refractivity contribution in [3.05, 3.63) is 22.5 Å². The highest BCUT2D eigenvalue weighted by Gasteiger charge is 2.26. The molecule has 0 aromatic rings. The van der Waals surface area contributed by atoms with E-state index in [-0.39, 0.29) is 5.57 Å². The molecule has 1 N–H and O–H groups in total. The Kier molecular flexibility index (Phi) is 1.23. The van der Waals surface area contributed by atoms with Crippen LogP contribution in [0.3, 0.4) is 0 Å². The summed E-state index contributed by atoms with van der Waals surface area (Å²) < 4.78 is 21.9. The first-order valence-corrected chi connectivity index (χ1v) is 4.73. The standard InChI is InChI=1S/C6H4N2O3S/c9-6-4-3-12(10,11)2-1-5(4)7-8-6/h1-3H,(H,8,9). The third-order valence-electron chi connectivity index (χ3n) is 1.50. The molecule has 0 unspecified atom stereocenters. The molecule has 0 aromatic carbocycles. The summed E-state index contributed by atoms with van der Waals surface area (Å²) in [5, 5.41) is 5.52. The molecular formula is C6H4N2O3S. The van der Waals surface area contributed by atoms with Gasteiger partial charge in [0.05, 0.1) is 11.3 Å². The average Bonchev–Trinajstić information content (AvgIpc) is 2.31. The van der Waals surface area contributed by atoms with E-state index in [0.29, 0.717) is 5.71 Å². The SMILES string of the molecule is O=C1NN=C2C=CS(=O)(=O)C=C12. The van der Waals surface area contributed by atoms with Gasteiger partial charge in [-0.2, -0.15) is 5.10 Å². The predicted octanol–water partition coefficient (Wildman–Crippen LogP) is -0.702. The van der Waals surface area contributed by atoms with Crippen LogP contribution in [0.15, 0.2) is 27.6 Å². The zero-order chi connectivity index (χ0) is 8.77. The molecule has 6 heteroatoms. The van der Waals surface area contributed by atoms with Gasteiger partial charge in [0, 0.05) is 10.8 Å². The van der Waals surface area contributed by atoms with Crippen molar-refractivity contribution in [2.24, 2.45) is 5.10 Å². The van der Waals surface area contributed by atoms with Gasteiger partial charge in [-0.15, -0.1) is 0 Å². The Hall–Kier alpha value is -1.43. The fourth-order valence-corrected chi connectivity index (χ4v) is 1.91. The van der Waals surface area contributed by atoms with Crippen molar-refractivity contribution >= 4 is 21.5 Å². The number of hydrogen-bond acceptors (Lipinski definition) is 4. The molecule has 0 spiro atoms. The minimum Gasteiger partial charge on any atom is -0.267 e. The number of nitrogens with one attached hydrogen (secondary N) is 1. The predicted molar refractivity (Wildman–Crippen MR) is 41.7 cm³/mol. The second-order valence-corrected chi connectivity index (χ2v) is 4.05. The molecule has 0 aliphatic carbocycles. The molecule has 62 valence electrons. The molecule has 2 heterocycles. The van der Waals surface area contributed by atoms with Crippen LogP contribution in [0.25, 0.3) is 0 Å². The Morgan fingerprint density at radius 1 is 1.42 bits per heavy atom. The summed E-state index contributed by atoms with van der Waals surface area (Å²) in [6, 6.07) is 0. The second-order valence-electron chi connectivity index (χ2n) is 2.36. The van der Waals surface area contributed by atoms with Crippen molar-refractivity contribution < 1.29 is 13.2 Å². The molecule has 2 aliphatic heterocycles. The zero-order valence-corrected chi connectivity index (χ0v) is 6.63. The number of sulfone groups is 1. The van der Waals surface area contributed by atoms with Gasteiger partial charge in [-0.3, -0.25) is 4.79 Å². The molecular weight excluding hydrogens is 180 g/mol. The summed E-state index contributed by atoms with van der Waals surface area (Å²) in [5.41, 5.74) is 2.64. The number of hydrazone groups is 1. The lowest BCUT2D eigenvalue weighted by Crippen LogP contribution is -2.15. The van der Waals surface area contributed by atoms with Crippen molar-refractivity contribution in [1.82, 2.24) is 5.43 Å². The summed E-state index contributed by atoms with van der Waals surface area (Å²) in [6.07, 6.45) is 1.29. The Bertz CT molecular complexity index is 441. The fourth-order valence-electron chi connectivity index (χ4n) is 0.952. The first-order valence-electron chi connectivity index (χ1n) is 3.12. The van der Waals surface area contributed by atoms with Crippen LogP contribution in [0.4, 0.5) is 0 Å². The quantitative estimate of drug-likeness (QED) is 0.540. The van der Waals surface area contributed by atoms with Gasteiger partial charge in [-0.25, -0.2) is 13.8 Å². The molecule has 0 saturated heterocycles. The van der Waals surface area contributed by atoms with E-state index in [0.717, 1.165) is 10.8 Å². The van der Waals surface area contributed by atoms with E-state index >= 15 is 0 Å². The largest absolute Gasteiger partial charge is 0.274 e. The van der Waals surface area contributed by atoms with Crippen LogP contribution in [0.1, 0.15) is 0 Å². The van der Waals surface area contributed by atoms with E-state index in [9.17, 15) is 13.2 Å². The number of fused-ring (bicyclic) bond motifs is 1.